The van der Waals surface area contributed by atoms with Crippen molar-refractivity contribution >= 4 is 21.6 Å². The zero-order valence-electron chi connectivity index (χ0n) is 11.7. The van der Waals surface area contributed by atoms with E-state index in [1.807, 2.05) is 13.8 Å². The van der Waals surface area contributed by atoms with Crippen LogP contribution < -0.4 is 11.0 Å². The molecule has 7 heteroatoms. The van der Waals surface area contributed by atoms with Gasteiger partial charge in [-0.3, -0.25) is 4.79 Å². The molecule has 0 saturated carbocycles. The van der Waals surface area contributed by atoms with Crippen molar-refractivity contribution in [3.63, 3.8) is 0 Å². The number of hydrazine groups is 1. The van der Waals surface area contributed by atoms with Gasteiger partial charge in [0.15, 0.2) is 0 Å². The van der Waals surface area contributed by atoms with Gasteiger partial charge in [0.05, 0.1) is 25.1 Å². The number of hydrogen-bond donors (Lipinski definition) is 2. The fourth-order valence-corrected chi connectivity index (χ4v) is 3.34. The Morgan fingerprint density at radius 1 is 1.40 bits per heavy atom. The molecular weight excluding hydrogens is 276 g/mol. The zero-order valence-corrected chi connectivity index (χ0v) is 12.5. The van der Waals surface area contributed by atoms with Gasteiger partial charge in [-0.05, 0) is 19.4 Å². The summed E-state index contributed by atoms with van der Waals surface area (Å²) >= 11 is 1.58. The fraction of sp³-hybridized carbons (Fsp3) is 0.538. The highest BCUT2D eigenvalue weighted by atomic mass is 32.1. The summed E-state index contributed by atoms with van der Waals surface area (Å²) in [6, 6.07) is 0. The minimum absolute atomic E-state index is 0.0457. The second-order valence-corrected chi connectivity index (χ2v) is 6.11. The second-order valence-electron chi connectivity index (χ2n) is 4.91. The van der Waals surface area contributed by atoms with E-state index >= 15 is 0 Å². The van der Waals surface area contributed by atoms with E-state index in [0.717, 1.165) is 47.0 Å². The summed E-state index contributed by atoms with van der Waals surface area (Å²) in [4.78, 5) is 21.5. The molecule has 1 fully saturated rings. The van der Waals surface area contributed by atoms with Crippen molar-refractivity contribution in [1.29, 1.82) is 0 Å². The molecule has 0 atom stereocenters. The van der Waals surface area contributed by atoms with Crippen LogP contribution in [0, 0.1) is 13.8 Å². The minimum Gasteiger partial charge on any atom is -0.379 e. The number of aromatic nitrogens is 2. The predicted octanol–water partition coefficient (Wildman–Crippen LogP) is 0.938. The average molecular weight is 294 g/mol. The standard InChI is InChI=1S/C13H18N4O2S/c1-8-9(2)20-13-11(8)12(18)15-10(16-13)7-14-17-3-5-19-6-4-17/h14H,3-7H2,1-2H3,(H,15,16,18). The fourth-order valence-electron chi connectivity index (χ4n) is 2.29. The molecule has 2 N–H and O–H groups in total. The van der Waals surface area contributed by atoms with Crippen molar-refractivity contribution in [3.8, 4) is 0 Å². The maximum atomic E-state index is 12.1. The number of nitrogens with one attached hydrogen (secondary N) is 2. The number of aryl methyl sites for hydroxylation is 2. The minimum atomic E-state index is -0.0457. The van der Waals surface area contributed by atoms with Crippen LogP contribution in [0.3, 0.4) is 0 Å². The van der Waals surface area contributed by atoms with Gasteiger partial charge < -0.3 is 9.72 Å². The van der Waals surface area contributed by atoms with Crippen molar-refractivity contribution in [3.05, 3.63) is 26.6 Å². The Hall–Kier alpha value is -1.28. The molecule has 20 heavy (non-hydrogen) atoms. The number of ether oxygens (including phenoxy) is 1. The topological polar surface area (TPSA) is 70.2 Å². The summed E-state index contributed by atoms with van der Waals surface area (Å²) in [6.45, 7) is 7.69. The number of rotatable bonds is 3. The van der Waals surface area contributed by atoms with Crippen molar-refractivity contribution in [1.82, 2.24) is 20.4 Å². The van der Waals surface area contributed by atoms with E-state index in [-0.39, 0.29) is 5.56 Å². The molecule has 3 rings (SSSR count). The van der Waals surface area contributed by atoms with E-state index in [1.165, 1.54) is 0 Å². The summed E-state index contributed by atoms with van der Waals surface area (Å²) in [5.74, 6) is 0.676. The lowest BCUT2D eigenvalue weighted by molar-refractivity contribution is 0.0101. The lowest BCUT2D eigenvalue weighted by atomic mass is 10.2. The molecule has 2 aromatic rings. The number of nitrogens with zero attached hydrogens (tertiary/aromatic N) is 2. The maximum Gasteiger partial charge on any atom is 0.259 e. The van der Waals surface area contributed by atoms with Crippen molar-refractivity contribution in [2.24, 2.45) is 0 Å². The zero-order chi connectivity index (χ0) is 14.1. The van der Waals surface area contributed by atoms with Crippen LogP contribution in [0.15, 0.2) is 4.79 Å². The SMILES string of the molecule is Cc1sc2nc(CNN3CCOCC3)[nH]c(=O)c2c1C. The Labute approximate surface area is 120 Å². The molecule has 6 nitrogen and oxygen atoms in total. The molecule has 0 amide bonds. The Morgan fingerprint density at radius 3 is 2.90 bits per heavy atom. The van der Waals surface area contributed by atoms with Gasteiger partial charge in [0.25, 0.3) is 5.56 Å². The Balaban J connectivity index is 1.80. The van der Waals surface area contributed by atoms with Crippen LogP contribution in [0.25, 0.3) is 10.2 Å². The van der Waals surface area contributed by atoms with Gasteiger partial charge in [0.2, 0.25) is 0 Å². The highest BCUT2D eigenvalue weighted by Gasteiger charge is 2.13. The van der Waals surface area contributed by atoms with Gasteiger partial charge >= 0.3 is 0 Å². The average Bonchev–Trinajstić information content (AvgIpc) is 2.73. The van der Waals surface area contributed by atoms with Crippen LogP contribution >= 0.6 is 11.3 Å². The Bertz CT molecular complexity index is 673. The van der Waals surface area contributed by atoms with E-state index in [0.29, 0.717) is 12.4 Å². The summed E-state index contributed by atoms with van der Waals surface area (Å²) in [5.41, 5.74) is 4.26. The van der Waals surface area contributed by atoms with E-state index in [2.05, 4.69) is 20.4 Å². The van der Waals surface area contributed by atoms with Crippen molar-refractivity contribution < 1.29 is 4.74 Å². The van der Waals surface area contributed by atoms with Gasteiger partial charge in [-0.25, -0.2) is 15.4 Å². The number of fused-ring (bicyclic) bond motifs is 1. The third kappa shape index (κ3) is 2.62. The first kappa shape index (κ1) is 13.7. The number of hydrogen-bond acceptors (Lipinski definition) is 6. The van der Waals surface area contributed by atoms with Gasteiger partial charge in [-0.15, -0.1) is 11.3 Å². The van der Waals surface area contributed by atoms with Crippen LogP contribution in [-0.4, -0.2) is 41.3 Å². The van der Waals surface area contributed by atoms with E-state index in [1.54, 1.807) is 11.3 Å². The molecule has 0 bridgehead atoms. The van der Waals surface area contributed by atoms with E-state index in [9.17, 15) is 4.79 Å². The van der Waals surface area contributed by atoms with Crippen molar-refractivity contribution in [2.45, 2.75) is 20.4 Å². The quantitative estimate of drug-likeness (QED) is 0.881. The molecule has 1 aliphatic heterocycles. The number of thiophene rings is 1. The van der Waals surface area contributed by atoms with Crippen LogP contribution in [0.1, 0.15) is 16.3 Å². The van der Waals surface area contributed by atoms with Gasteiger partial charge in [0.1, 0.15) is 10.7 Å². The third-order valence-electron chi connectivity index (χ3n) is 3.57. The van der Waals surface area contributed by atoms with Crippen molar-refractivity contribution in [2.75, 3.05) is 26.3 Å². The summed E-state index contributed by atoms with van der Waals surface area (Å²) in [7, 11) is 0. The first-order valence-corrected chi connectivity index (χ1v) is 7.52. The highest BCUT2D eigenvalue weighted by molar-refractivity contribution is 7.18. The summed E-state index contributed by atoms with van der Waals surface area (Å²) in [6.07, 6.45) is 0. The first-order valence-electron chi connectivity index (χ1n) is 6.70. The Kier molecular flexibility index (Phi) is 3.84. The smallest absolute Gasteiger partial charge is 0.259 e. The summed E-state index contributed by atoms with van der Waals surface area (Å²) in [5, 5.41) is 2.82. The molecule has 1 saturated heterocycles. The van der Waals surface area contributed by atoms with Crippen LogP contribution in [0.4, 0.5) is 0 Å². The molecule has 0 spiro atoms. The second kappa shape index (κ2) is 5.61. The first-order chi connectivity index (χ1) is 9.65. The van der Waals surface area contributed by atoms with Gasteiger partial charge in [-0.2, -0.15) is 0 Å². The molecule has 108 valence electrons. The summed E-state index contributed by atoms with van der Waals surface area (Å²) < 4.78 is 5.29. The molecule has 0 unspecified atom stereocenters. The van der Waals surface area contributed by atoms with Gasteiger partial charge in [0, 0.05) is 18.0 Å². The normalized spacial score (nSPS) is 16.9. The lowest BCUT2D eigenvalue weighted by Gasteiger charge is -2.26. The number of H-pyrrole nitrogens is 1. The van der Waals surface area contributed by atoms with E-state index in [4.69, 9.17) is 4.74 Å². The molecule has 1 aliphatic rings. The van der Waals surface area contributed by atoms with Gasteiger partial charge in [-0.1, -0.05) is 0 Å². The molecule has 2 aromatic heterocycles. The number of aromatic amines is 1. The molecule has 3 heterocycles. The molecule has 0 aromatic carbocycles. The van der Waals surface area contributed by atoms with Crippen LogP contribution in [0.5, 0.6) is 0 Å². The van der Waals surface area contributed by atoms with E-state index < -0.39 is 0 Å². The lowest BCUT2D eigenvalue weighted by Crippen LogP contribution is -2.45. The Morgan fingerprint density at radius 2 is 2.15 bits per heavy atom. The maximum absolute atomic E-state index is 12.1. The largest absolute Gasteiger partial charge is 0.379 e. The molecule has 0 radical (unpaired) electrons. The van der Waals surface area contributed by atoms with Crippen LogP contribution in [-0.2, 0) is 11.3 Å². The number of morpholine rings is 1. The monoisotopic (exact) mass is 294 g/mol. The van der Waals surface area contributed by atoms with Crippen LogP contribution in [0.2, 0.25) is 0 Å². The third-order valence-corrected chi connectivity index (χ3v) is 4.67. The molecular formula is C13H18N4O2S. The molecule has 0 aliphatic carbocycles. The predicted molar refractivity (Wildman–Crippen MR) is 78.9 cm³/mol. The highest BCUT2D eigenvalue weighted by Crippen LogP contribution is 2.25.